The van der Waals surface area contributed by atoms with E-state index in [1.165, 1.54) is 24.1 Å². The van der Waals surface area contributed by atoms with Gasteiger partial charge in [-0.1, -0.05) is 17.7 Å². The molecule has 1 aromatic carbocycles. The Morgan fingerprint density at radius 2 is 1.74 bits per heavy atom. The number of hydrogen-bond acceptors (Lipinski definition) is 4. The molecule has 0 atom stereocenters. The molecule has 0 spiro atoms. The van der Waals surface area contributed by atoms with Gasteiger partial charge in [0.1, 0.15) is 0 Å². The van der Waals surface area contributed by atoms with Crippen molar-refractivity contribution in [3.63, 3.8) is 0 Å². The van der Waals surface area contributed by atoms with Crippen LogP contribution in [0, 0.1) is 5.92 Å². The molecule has 0 aliphatic carbocycles. The van der Waals surface area contributed by atoms with Crippen LogP contribution >= 0.6 is 11.6 Å². The van der Waals surface area contributed by atoms with E-state index in [4.69, 9.17) is 11.6 Å². The molecule has 148 valence electrons. The molecule has 3 saturated heterocycles. The van der Waals surface area contributed by atoms with Crippen molar-refractivity contribution in [3.8, 4) is 0 Å². The summed E-state index contributed by atoms with van der Waals surface area (Å²) >= 11 is 6.33. The summed E-state index contributed by atoms with van der Waals surface area (Å²) in [5.74, 6) is 0.592. The number of amides is 1. The second-order valence-corrected chi connectivity index (χ2v) is 8.53. The highest BCUT2D eigenvalue weighted by molar-refractivity contribution is 6.30. The molecule has 3 aliphatic rings. The van der Waals surface area contributed by atoms with Crippen molar-refractivity contribution in [1.29, 1.82) is 0 Å². The molecule has 0 unspecified atom stereocenters. The molecular weight excluding hydrogens is 360 g/mol. The monoisotopic (exact) mass is 390 g/mol. The largest absolute Gasteiger partial charge is 0.371 e. The fourth-order valence-corrected chi connectivity index (χ4v) is 4.80. The van der Waals surface area contributed by atoms with Gasteiger partial charge in [0, 0.05) is 75.5 Å². The number of carbonyl (C=O) groups is 1. The lowest BCUT2D eigenvalue weighted by molar-refractivity contribution is -0.135. The summed E-state index contributed by atoms with van der Waals surface area (Å²) in [6.45, 7) is 9.09. The van der Waals surface area contributed by atoms with Crippen LogP contribution in [0.4, 0.5) is 5.69 Å². The Kier molecular flexibility index (Phi) is 6.21. The first kappa shape index (κ1) is 19.0. The molecule has 3 aliphatic heterocycles. The summed E-state index contributed by atoms with van der Waals surface area (Å²) in [5.41, 5.74) is 2.61. The smallest absolute Gasteiger partial charge is 0.225 e. The molecule has 0 aromatic heterocycles. The first-order valence-electron chi connectivity index (χ1n) is 10.5. The second kappa shape index (κ2) is 8.80. The van der Waals surface area contributed by atoms with Crippen molar-refractivity contribution < 1.29 is 4.79 Å². The number of carbonyl (C=O) groups excluding carboxylic acids is 1. The quantitative estimate of drug-likeness (QED) is 0.857. The molecule has 0 bridgehead atoms. The maximum Gasteiger partial charge on any atom is 0.225 e. The van der Waals surface area contributed by atoms with Crippen LogP contribution in [0.15, 0.2) is 18.2 Å². The molecule has 0 saturated carbocycles. The summed E-state index contributed by atoms with van der Waals surface area (Å²) in [6.07, 6.45) is 4.24. The molecule has 4 rings (SSSR count). The number of halogens is 1. The van der Waals surface area contributed by atoms with Crippen molar-refractivity contribution in [2.75, 3.05) is 57.3 Å². The topological polar surface area (TPSA) is 38.8 Å². The van der Waals surface area contributed by atoms with E-state index in [9.17, 15) is 4.79 Å². The van der Waals surface area contributed by atoms with Gasteiger partial charge >= 0.3 is 0 Å². The molecule has 27 heavy (non-hydrogen) atoms. The van der Waals surface area contributed by atoms with Crippen molar-refractivity contribution in [2.45, 2.75) is 32.2 Å². The van der Waals surface area contributed by atoms with Gasteiger partial charge in [-0.05, 0) is 43.4 Å². The summed E-state index contributed by atoms with van der Waals surface area (Å²) in [5, 5.41) is 4.21. The molecule has 1 N–H and O–H groups in total. The van der Waals surface area contributed by atoms with E-state index in [0.29, 0.717) is 5.91 Å². The lowest BCUT2D eigenvalue weighted by Gasteiger charge is -2.36. The predicted molar refractivity (Wildman–Crippen MR) is 110 cm³/mol. The van der Waals surface area contributed by atoms with Crippen LogP contribution in [-0.4, -0.2) is 68.1 Å². The molecule has 0 radical (unpaired) electrons. The van der Waals surface area contributed by atoms with Crippen LogP contribution < -0.4 is 10.2 Å². The zero-order chi connectivity index (χ0) is 18.6. The second-order valence-electron chi connectivity index (χ2n) is 8.09. The zero-order valence-corrected chi connectivity index (χ0v) is 16.9. The van der Waals surface area contributed by atoms with Crippen LogP contribution in [0.3, 0.4) is 0 Å². The van der Waals surface area contributed by atoms with Gasteiger partial charge < -0.3 is 15.1 Å². The van der Waals surface area contributed by atoms with Crippen molar-refractivity contribution in [1.82, 2.24) is 15.1 Å². The molecule has 5 nitrogen and oxygen atoms in total. The van der Waals surface area contributed by atoms with E-state index in [1.807, 2.05) is 6.07 Å². The van der Waals surface area contributed by atoms with E-state index in [0.717, 1.165) is 76.8 Å². The molecule has 3 heterocycles. The minimum atomic E-state index is 0.204. The van der Waals surface area contributed by atoms with Crippen LogP contribution in [0.25, 0.3) is 0 Å². The van der Waals surface area contributed by atoms with Gasteiger partial charge in [0.2, 0.25) is 5.91 Å². The van der Waals surface area contributed by atoms with E-state index >= 15 is 0 Å². The van der Waals surface area contributed by atoms with Crippen LogP contribution in [0.2, 0.25) is 5.02 Å². The Hall–Kier alpha value is -1.30. The number of piperidine rings is 1. The Bertz CT molecular complexity index is 648. The fourth-order valence-electron chi connectivity index (χ4n) is 4.64. The Morgan fingerprint density at radius 1 is 1.04 bits per heavy atom. The maximum atomic E-state index is 12.7. The highest BCUT2D eigenvalue weighted by atomic mass is 35.5. The standard InChI is InChI=1S/C21H31ClN4O/c22-19-4-3-18(16-24-13-7-23-8-14-24)20(15-19)25-11-5-17(6-12-25)21(27)26-9-1-2-10-26/h3-4,15,17,23H,1-2,5-14,16H2. The van der Waals surface area contributed by atoms with E-state index in [2.05, 4.69) is 32.1 Å². The third kappa shape index (κ3) is 4.58. The van der Waals surface area contributed by atoms with Gasteiger partial charge in [0.25, 0.3) is 0 Å². The van der Waals surface area contributed by atoms with Gasteiger partial charge in [0.05, 0.1) is 0 Å². The number of likely N-dealkylation sites (tertiary alicyclic amines) is 1. The molecule has 1 aromatic rings. The molecule has 1 amide bonds. The van der Waals surface area contributed by atoms with Crippen LogP contribution in [0.5, 0.6) is 0 Å². The van der Waals surface area contributed by atoms with Gasteiger partial charge in [0.15, 0.2) is 0 Å². The highest BCUT2D eigenvalue weighted by Crippen LogP contribution is 2.31. The zero-order valence-electron chi connectivity index (χ0n) is 16.1. The minimum absolute atomic E-state index is 0.204. The minimum Gasteiger partial charge on any atom is -0.371 e. The number of nitrogens with one attached hydrogen (secondary N) is 1. The lowest BCUT2D eigenvalue weighted by atomic mass is 9.94. The van der Waals surface area contributed by atoms with E-state index in [1.54, 1.807) is 0 Å². The normalized spacial score (nSPS) is 22.4. The lowest BCUT2D eigenvalue weighted by Crippen LogP contribution is -2.44. The van der Waals surface area contributed by atoms with Crippen molar-refractivity contribution in [2.24, 2.45) is 5.92 Å². The Labute approximate surface area is 167 Å². The number of hydrogen-bond donors (Lipinski definition) is 1. The number of anilines is 1. The molecule has 6 heteroatoms. The number of benzene rings is 1. The third-order valence-electron chi connectivity index (χ3n) is 6.25. The molecule has 3 fully saturated rings. The predicted octanol–water partition coefficient (Wildman–Crippen LogP) is 2.58. The summed E-state index contributed by atoms with van der Waals surface area (Å²) in [6, 6.07) is 6.30. The van der Waals surface area contributed by atoms with Crippen molar-refractivity contribution >= 4 is 23.2 Å². The number of piperazine rings is 1. The fraction of sp³-hybridized carbons (Fsp3) is 0.667. The average molecular weight is 391 g/mol. The summed E-state index contributed by atoms with van der Waals surface area (Å²) < 4.78 is 0. The SMILES string of the molecule is O=C(C1CCN(c2cc(Cl)ccc2CN2CCNCC2)CC1)N1CCCC1. The van der Waals surface area contributed by atoms with E-state index in [-0.39, 0.29) is 5.92 Å². The van der Waals surface area contributed by atoms with Crippen LogP contribution in [-0.2, 0) is 11.3 Å². The summed E-state index contributed by atoms with van der Waals surface area (Å²) in [4.78, 5) is 19.7. The van der Waals surface area contributed by atoms with Crippen LogP contribution in [0.1, 0.15) is 31.2 Å². The number of nitrogens with zero attached hydrogens (tertiary/aromatic N) is 3. The van der Waals surface area contributed by atoms with Gasteiger partial charge in [-0.3, -0.25) is 9.69 Å². The Balaban J connectivity index is 1.41. The Morgan fingerprint density at radius 3 is 2.44 bits per heavy atom. The number of rotatable bonds is 4. The molecular formula is C21H31ClN4O. The van der Waals surface area contributed by atoms with E-state index < -0.39 is 0 Å². The first-order valence-corrected chi connectivity index (χ1v) is 10.8. The summed E-state index contributed by atoms with van der Waals surface area (Å²) in [7, 11) is 0. The van der Waals surface area contributed by atoms with Gasteiger partial charge in [-0.15, -0.1) is 0 Å². The first-order chi connectivity index (χ1) is 13.2. The third-order valence-corrected chi connectivity index (χ3v) is 6.49. The van der Waals surface area contributed by atoms with Gasteiger partial charge in [-0.2, -0.15) is 0 Å². The highest BCUT2D eigenvalue weighted by Gasteiger charge is 2.30. The van der Waals surface area contributed by atoms with Gasteiger partial charge in [-0.25, -0.2) is 0 Å². The maximum absolute atomic E-state index is 12.7. The van der Waals surface area contributed by atoms with Crippen molar-refractivity contribution in [3.05, 3.63) is 28.8 Å². The average Bonchev–Trinajstić information content (AvgIpc) is 3.25.